The van der Waals surface area contributed by atoms with Gasteiger partial charge in [-0.2, -0.15) is 0 Å². The zero-order valence-corrected chi connectivity index (χ0v) is 8.96. The van der Waals surface area contributed by atoms with Crippen LogP contribution in [0.4, 0.5) is 0 Å². The van der Waals surface area contributed by atoms with E-state index in [4.69, 9.17) is 0 Å². The van der Waals surface area contributed by atoms with Crippen LogP contribution in [0.1, 0.15) is 37.1 Å². The number of rotatable bonds is 4. The molecule has 2 rings (SSSR count). The van der Waals surface area contributed by atoms with Crippen LogP contribution < -0.4 is 5.32 Å². The minimum absolute atomic E-state index is 0.487. The second-order valence-corrected chi connectivity index (χ2v) is 4.08. The quantitative estimate of drug-likeness (QED) is 0.789. The molecule has 0 amide bonds. The van der Waals surface area contributed by atoms with Gasteiger partial charge in [-0.05, 0) is 43.9 Å². The molecule has 0 spiro atoms. The van der Waals surface area contributed by atoms with E-state index < -0.39 is 0 Å². The van der Waals surface area contributed by atoms with Gasteiger partial charge in [0.1, 0.15) is 0 Å². The van der Waals surface area contributed by atoms with E-state index in [0.717, 1.165) is 12.5 Å². The first-order valence-electron chi connectivity index (χ1n) is 5.47. The maximum atomic E-state index is 4.50. The Hall–Kier alpha value is -0.890. The third-order valence-corrected chi connectivity index (χ3v) is 2.86. The summed E-state index contributed by atoms with van der Waals surface area (Å²) >= 11 is 0. The highest BCUT2D eigenvalue weighted by Gasteiger charge is 2.33. The predicted octanol–water partition coefficient (Wildman–Crippen LogP) is 2.45. The van der Waals surface area contributed by atoms with Gasteiger partial charge in [0.05, 0.1) is 11.7 Å². The van der Waals surface area contributed by atoms with Gasteiger partial charge in [0, 0.05) is 6.20 Å². The third kappa shape index (κ3) is 1.95. The maximum Gasteiger partial charge on any atom is 0.0605 e. The number of hydrogen-bond acceptors (Lipinski definition) is 2. The van der Waals surface area contributed by atoms with Crippen molar-refractivity contribution in [3.63, 3.8) is 0 Å². The summed E-state index contributed by atoms with van der Waals surface area (Å²) in [5.41, 5.74) is 2.56. The minimum Gasteiger partial charge on any atom is -0.309 e. The molecule has 0 radical (unpaired) electrons. The molecule has 1 heterocycles. The summed E-state index contributed by atoms with van der Waals surface area (Å²) in [4.78, 5) is 4.50. The van der Waals surface area contributed by atoms with Gasteiger partial charge in [0.15, 0.2) is 0 Å². The van der Waals surface area contributed by atoms with Gasteiger partial charge in [0.25, 0.3) is 0 Å². The van der Waals surface area contributed by atoms with Crippen LogP contribution in [-0.4, -0.2) is 11.5 Å². The van der Waals surface area contributed by atoms with E-state index in [-0.39, 0.29) is 0 Å². The van der Waals surface area contributed by atoms with E-state index >= 15 is 0 Å². The molecular formula is C12H18N2. The highest BCUT2D eigenvalue weighted by atomic mass is 15.0. The van der Waals surface area contributed by atoms with Crippen LogP contribution in [0.3, 0.4) is 0 Å². The first-order chi connectivity index (χ1) is 6.83. The Morgan fingerprint density at radius 3 is 2.93 bits per heavy atom. The molecule has 1 fully saturated rings. The van der Waals surface area contributed by atoms with E-state index in [9.17, 15) is 0 Å². The van der Waals surface area contributed by atoms with Crippen molar-refractivity contribution >= 4 is 0 Å². The summed E-state index contributed by atoms with van der Waals surface area (Å²) in [6, 6.07) is 4.64. The lowest BCUT2D eigenvalue weighted by Crippen LogP contribution is -2.24. The summed E-state index contributed by atoms with van der Waals surface area (Å²) in [6.45, 7) is 5.33. The number of hydrogen-bond donors (Lipinski definition) is 1. The lowest BCUT2D eigenvalue weighted by Gasteiger charge is -2.18. The molecule has 2 heteroatoms. The van der Waals surface area contributed by atoms with Gasteiger partial charge in [-0.1, -0.05) is 13.0 Å². The fraction of sp³-hybridized carbons (Fsp3) is 0.583. The van der Waals surface area contributed by atoms with Crippen molar-refractivity contribution in [2.45, 2.75) is 32.7 Å². The molecule has 1 aromatic rings. The highest BCUT2D eigenvalue weighted by molar-refractivity contribution is 5.22. The number of nitrogens with zero attached hydrogens (tertiary/aromatic N) is 1. The smallest absolute Gasteiger partial charge is 0.0605 e. The van der Waals surface area contributed by atoms with Gasteiger partial charge >= 0.3 is 0 Å². The standard InChI is InChI=1S/C12H18N2/c1-3-13-12(10-6-7-10)11-9(2)5-4-8-14-11/h4-5,8,10,12-13H,3,6-7H2,1-2H3. The highest BCUT2D eigenvalue weighted by Crippen LogP contribution is 2.40. The molecule has 0 bridgehead atoms. The molecule has 0 aliphatic heterocycles. The Balaban J connectivity index is 2.21. The first-order valence-corrected chi connectivity index (χ1v) is 5.47. The Labute approximate surface area is 85.7 Å². The zero-order chi connectivity index (χ0) is 9.97. The lowest BCUT2D eigenvalue weighted by atomic mass is 10.0. The number of pyridine rings is 1. The molecule has 2 nitrogen and oxygen atoms in total. The largest absolute Gasteiger partial charge is 0.309 e. The topological polar surface area (TPSA) is 24.9 Å². The van der Waals surface area contributed by atoms with Crippen LogP contribution in [0.25, 0.3) is 0 Å². The van der Waals surface area contributed by atoms with Crippen LogP contribution >= 0.6 is 0 Å². The third-order valence-electron chi connectivity index (χ3n) is 2.86. The van der Waals surface area contributed by atoms with Crippen molar-refractivity contribution in [3.05, 3.63) is 29.6 Å². The Kier molecular flexibility index (Phi) is 2.82. The molecule has 1 aliphatic carbocycles. The van der Waals surface area contributed by atoms with Crippen LogP contribution in [0.5, 0.6) is 0 Å². The van der Waals surface area contributed by atoms with Crippen LogP contribution in [0, 0.1) is 12.8 Å². The van der Waals surface area contributed by atoms with Gasteiger partial charge in [0.2, 0.25) is 0 Å². The Morgan fingerprint density at radius 2 is 2.36 bits per heavy atom. The van der Waals surface area contributed by atoms with E-state index in [1.807, 2.05) is 12.3 Å². The van der Waals surface area contributed by atoms with Gasteiger partial charge < -0.3 is 5.32 Å². The maximum absolute atomic E-state index is 4.50. The zero-order valence-electron chi connectivity index (χ0n) is 8.96. The normalized spacial score (nSPS) is 18.1. The van der Waals surface area contributed by atoms with Gasteiger partial charge in [-0.3, -0.25) is 4.98 Å². The van der Waals surface area contributed by atoms with Crippen LogP contribution in [0.2, 0.25) is 0 Å². The van der Waals surface area contributed by atoms with E-state index in [1.54, 1.807) is 0 Å². The Bertz CT molecular complexity index is 305. The SMILES string of the molecule is CCNC(c1ncccc1C)C1CC1. The number of aromatic nitrogens is 1. The van der Waals surface area contributed by atoms with Gasteiger partial charge in [-0.25, -0.2) is 0 Å². The second kappa shape index (κ2) is 4.09. The van der Waals surface area contributed by atoms with Crippen LogP contribution in [-0.2, 0) is 0 Å². The average Bonchev–Trinajstić information content (AvgIpc) is 2.99. The van der Waals surface area contributed by atoms with E-state index in [1.165, 1.54) is 24.1 Å². The van der Waals surface area contributed by atoms with Crippen molar-refractivity contribution in [2.75, 3.05) is 6.54 Å². The van der Waals surface area contributed by atoms with Crippen LogP contribution in [0.15, 0.2) is 18.3 Å². The fourth-order valence-corrected chi connectivity index (χ4v) is 1.96. The molecule has 14 heavy (non-hydrogen) atoms. The summed E-state index contributed by atoms with van der Waals surface area (Å²) in [5, 5.41) is 3.54. The molecule has 0 aromatic carbocycles. The molecule has 1 N–H and O–H groups in total. The van der Waals surface area contributed by atoms with Gasteiger partial charge in [-0.15, -0.1) is 0 Å². The molecular weight excluding hydrogens is 172 g/mol. The molecule has 1 saturated carbocycles. The molecule has 1 unspecified atom stereocenters. The number of aryl methyl sites for hydroxylation is 1. The monoisotopic (exact) mass is 190 g/mol. The minimum atomic E-state index is 0.487. The van der Waals surface area contributed by atoms with Crippen molar-refractivity contribution in [1.82, 2.24) is 10.3 Å². The fourth-order valence-electron chi connectivity index (χ4n) is 1.96. The Morgan fingerprint density at radius 1 is 1.57 bits per heavy atom. The van der Waals surface area contributed by atoms with Crippen molar-refractivity contribution in [1.29, 1.82) is 0 Å². The second-order valence-electron chi connectivity index (χ2n) is 4.08. The van der Waals surface area contributed by atoms with Crippen molar-refractivity contribution in [2.24, 2.45) is 5.92 Å². The molecule has 1 atom stereocenters. The van der Waals surface area contributed by atoms with Crippen molar-refractivity contribution < 1.29 is 0 Å². The molecule has 76 valence electrons. The lowest BCUT2D eigenvalue weighted by molar-refractivity contribution is 0.482. The van der Waals surface area contributed by atoms with Crippen molar-refractivity contribution in [3.8, 4) is 0 Å². The molecule has 1 aromatic heterocycles. The number of nitrogens with one attached hydrogen (secondary N) is 1. The summed E-state index contributed by atoms with van der Waals surface area (Å²) in [7, 11) is 0. The van der Waals surface area contributed by atoms with E-state index in [0.29, 0.717) is 6.04 Å². The summed E-state index contributed by atoms with van der Waals surface area (Å²) in [5.74, 6) is 0.823. The average molecular weight is 190 g/mol. The molecule has 0 saturated heterocycles. The summed E-state index contributed by atoms with van der Waals surface area (Å²) < 4.78 is 0. The molecule has 1 aliphatic rings. The predicted molar refractivity (Wildman–Crippen MR) is 58.1 cm³/mol. The summed E-state index contributed by atoms with van der Waals surface area (Å²) in [6.07, 6.45) is 4.61. The first kappa shape index (κ1) is 9.66. The van der Waals surface area contributed by atoms with E-state index in [2.05, 4.69) is 30.2 Å².